The van der Waals surface area contributed by atoms with E-state index in [0.717, 1.165) is 12.0 Å². The summed E-state index contributed by atoms with van der Waals surface area (Å²) in [5, 5.41) is 9.22. The lowest BCUT2D eigenvalue weighted by atomic mass is 10.0. The fraction of sp³-hybridized carbons (Fsp3) is 0.500. The molecule has 1 aliphatic heterocycles. The number of β-amino-alcohol motifs (C(OH)–C–C–N with tert-alkyl or cyclic N) is 1. The van der Waals surface area contributed by atoms with Crippen molar-refractivity contribution in [3.63, 3.8) is 0 Å². The quantitative estimate of drug-likeness (QED) is 0.497. The van der Waals surface area contributed by atoms with Crippen molar-refractivity contribution in [2.24, 2.45) is 0 Å². The Morgan fingerprint density at radius 3 is 2.48 bits per heavy atom. The average Bonchev–Trinajstić information content (AvgIpc) is 2.93. The zero-order valence-electron chi connectivity index (χ0n) is 17.6. The third-order valence-corrected chi connectivity index (χ3v) is 6.14. The molecule has 158 valence electrons. The molecule has 1 aromatic carbocycles. The second-order valence-corrected chi connectivity index (χ2v) is 9.65. The van der Waals surface area contributed by atoms with Crippen molar-refractivity contribution >= 4 is 46.2 Å². The second-order valence-electron chi connectivity index (χ2n) is 7.97. The number of aryl methyl sites for hydroxylation is 1. The zero-order chi connectivity index (χ0) is 21.6. The van der Waals surface area contributed by atoms with Crippen molar-refractivity contribution in [2.45, 2.75) is 52.5 Å². The first-order valence-corrected chi connectivity index (χ1v) is 11.2. The maximum atomic E-state index is 12.7. The van der Waals surface area contributed by atoms with Gasteiger partial charge in [0.2, 0.25) is 5.91 Å². The Balaban J connectivity index is 1.96. The van der Waals surface area contributed by atoms with Gasteiger partial charge in [0.15, 0.2) is 0 Å². The van der Waals surface area contributed by atoms with E-state index in [1.165, 1.54) is 17.3 Å². The van der Waals surface area contributed by atoms with Gasteiger partial charge in [-0.1, -0.05) is 55.2 Å². The van der Waals surface area contributed by atoms with Crippen LogP contribution < -0.4 is 0 Å². The van der Waals surface area contributed by atoms with Gasteiger partial charge in [0.05, 0.1) is 11.5 Å². The minimum atomic E-state index is -0.350. The maximum Gasteiger partial charge on any atom is 0.266 e. The number of thioether (sulfide) groups is 1. The Morgan fingerprint density at radius 2 is 1.93 bits per heavy atom. The van der Waals surface area contributed by atoms with E-state index in [4.69, 9.17) is 12.2 Å². The SMILES string of the molecule is CCc1ccc(/C=C2\SC(=S)N(CCCC(=O)N(CCO)C(C)(C)C)C2=O)cc1. The first-order valence-electron chi connectivity index (χ1n) is 9.93. The summed E-state index contributed by atoms with van der Waals surface area (Å²) in [5.41, 5.74) is 1.88. The number of aliphatic hydroxyl groups excluding tert-OH is 1. The molecule has 0 atom stereocenters. The number of amides is 2. The first-order chi connectivity index (χ1) is 13.7. The van der Waals surface area contributed by atoms with Gasteiger partial charge in [-0.25, -0.2) is 0 Å². The molecule has 0 saturated carbocycles. The van der Waals surface area contributed by atoms with Gasteiger partial charge in [0.1, 0.15) is 4.32 Å². The largest absolute Gasteiger partial charge is 0.395 e. The number of carbonyl (C=O) groups is 2. The normalized spacial score (nSPS) is 16.0. The molecule has 1 heterocycles. The van der Waals surface area contributed by atoms with E-state index >= 15 is 0 Å². The summed E-state index contributed by atoms with van der Waals surface area (Å²) in [5.74, 6) is -0.126. The number of hydrogen-bond acceptors (Lipinski definition) is 5. The molecule has 2 amide bonds. The molecule has 0 aromatic heterocycles. The van der Waals surface area contributed by atoms with Gasteiger partial charge < -0.3 is 10.0 Å². The standard InChI is InChI=1S/C22H30N2O3S2/c1-5-16-8-10-17(11-9-16)15-18-20(27)23(21(28)29-18)12-6-7-19(26)24(13-14-25)22(2,3)4/h8-11,15,25H,5-7,12-14H2,1-4H3/b18-15-. The summed E-state index contributed by atoms with van der Waals surface area (Å²) in [6.45, 7) is 8.60. The minimum absolute atomic E-state index is 0.0245. The van der Waals surface area contributed by atoms with Gasteiger partial charge >= 0.3 is 0 Å². The van der Waals surface area contributed by atoms with Gasteiger partial charge in [0, 0.05) is 25.0 Å². The molecule has 5 nitrogen and oxygen atoms in total. The van der Waals surface area contributed by atoms with Crippen molar-refractivity contribution in [1.29, 1.82) is 0 Å². The number of aliphatic hydroxyl groups is 1. The molecule has 1 N–H and O–H groups in total. The average molecular weight is 435 g/mol. The zero-order valence-corrected chi connectivity index (χ0v) is 19.2. The van der Waals surface area contributed by atoms with Crippen LogP contribution in [0.3, 0.4) is 0 Å². The van der Waals surface area contributed by atoms with Crippen LogP contribution in [0.5, 0.6) is 0 Å². The Morgan fingerprint density at radius 1 is 1.28 bits per heavy atom. The van der Waals surface area contributed by atoms with Crippen LogP contribution in [-0.4, -0.2) is 56.3 Å². The molecule has 1 fully saturated rings. The molecular formula is C22H30N2O3S2. The molecule has 1 aromatic rings. The van der Waals surface area contributed by atoms with Gasteiger partial charge in [0.25, 0.3) is 5.91 Å². The minimum Gasteiger partial charge on any atom is -0.395 e. The number of hydrogen-bond donors (Lipinski definition) is 1. The fourth-order valence-corrected chi connectivity index (χ4v) is 4.46. The highest BCUT2D eigenvalue weighted by Gasteiger charge is 2.32. The van der Waals surface area contributed by atoms with Crippen molar-refractivity contribution < 1.29 is 14.7 Å². The summed E-state index contributed by atoms with van der Waals surface area (Å²) in [6, 6.07) is 8.13. The van der Waals surface area contributed by atoms with E-state index in [1.807, 2.05) is 39.0 Å². The third kappa shape index (κ3) is 6.39. The highest BCUT2D eigenvalue weighted by Crippen LogP contribution is 2.32. The van der Waals surface area contributed by atoms with Crippen LogP contribution in [0.15, 0.2) is 29.2 Å². The first kappa shape index (κ1) is 23.6. The molecule has 2 rings (SSSR count). The van der Waals surface area contributed by atoms with E-state index in [2.05, 4.69) is 19.1 Å². The monoisotopic (exact) mass is 434 g/mol. The number of benzene rings is 1. The predicted octanol–water partition coefficient (Wildman–Crippen LogP) is 3.85. The van der Waals surface area contributed by atoms with Crippen LogP contribution in [-0.2, 0) is 16.0 Å². The third-order valence-electron chi connectivity index (χ3n) is 4.77. The van der Waals surface area contributed by atoms with E-state index in [-0.39, 0.29) is 24.0 Å². The lowest BCUT2D eigenvalue weighted by Gasteiger charge is -2.35. The van der Waals surface area contributed by atoms with E-state index < -0.39 is 0 Å². The predicted molar refractivity (Wildman–Crippen MR) is 123 cm³/mol. The Kier molecular flexibility index (Phi) is 8.43. The van der Waals surface area contributed by atoms with Crippen LogP contribution in [0, 0.1) is 0 Å². The van der Waals surface area contributed by atoms with Gasteiger partial charge in [-0.05, 0) is 50.8 Å². The van der Waals surface area contributed by atoms with Crippen molar-refractivity contribution in [2.75, 3.05) is 19.7 Å². The van der Waals surface area contributed by atoms with Crippen LogP contribution >= 0.6 is 24.0 Å². The summed E-state index contributed by atoms with van der Waals surface area (Å²) in [4.78, 5) is 29.1. The number of carbonyl (C=O) groups excluding carboxylic acids is 2. The molecule has 29 heavy (non-hydrogen) atoms. The molecule has 0 aliphatic carbocycles. The Labute approximate surface area is 183 Å². The van der Waals surface area contributed by atoms with E-state index in [1.54, 1.807) is 9.80 Å². The fourth-order valence-electron chi connectivity index (χ4n) is 3.15. The molecule has 0 spiro atoms. The smallest absolute Gasteiger partial charge is 0.266 e. The van der Waals surface area contributed by atoms with Gasteiger partial charge in [-0.2, -0.15) is 0 Å². The van der Waals surface area contributed by atoms with Crippen LogP contribution in [0.1, 0.15) is 51.7 Å². The highest BCUT2D eigenvalue weighted by molar-refractivity contribution is 8.26. The summed E-state index contributed by atoms with van der Waals surface area (Å²) >= 11 is 6.69. The molecule has 7 heteroatoms. The van der Waals surface area contributed by atoms with Crippen LogP contribution in [0.2, 0.25) is 0 Å². The van der Waals surface area contributed by atoms with Gasteiger partial charge in [-0.3, -0.25) is 14.5 Å². The maximum absolute atomic E-state index is 12.7. The van der Waals surface area contributed by atoms with E-state index in [9.17, 15) is 14.7 Å². The molecule has 0 bridgehead atoms. The molecule has 1 aliphatic rings. The summed E-state index contributed by atoms with van der Waals surface area (Å²) in [7, 11) is 0. The lowest BCUT2D eigenvalue weighted by molar-refractivity contribution is -0.137. The van der Waals surface area contributed by atoms with E-state index in [0.29, 0.717) is 35.2 Å². The number of rotatable bonds is 8. The van der Waals surface area contributed by atoms with Crippen LogP contribution in [0.4, 0.5) is 0 Å². The molecular weight excluding hydrogens is 404 g/mol. The van der Waals surface area contributed by atoms with Crippen LogP contribution in [0.25, 0.3) is 6.08 Å². The molecule has 0 unspecified atom stereocenters. The summed E-state index contributed by atoms with van der Waals surface area (Å²) < 4.78 is 0.530. The van der Waals surface area contributed by atoms with Crippen molar-refractivity contribution in [3.05, 3.63) is 40.3 Å². The number of thiocarbonyl (C=S) groups is 1. The van der Waals surface area contributed by atoms with Crippen molar-refractivity contribution in [3.8, 4) is 0 Å². The Bertz CT molecular complexity index is 782. The Hall–Kier alpha value is -1.70. The summed E-state index contributed by atoms with van der Waals surface area (Å²) in [6.07, 6.45) is 3.69. The second kappa shape index (κ2) is 10.4. The van der Waals surface area contributed by atoms with Gasteiger partial charge in [-0.15, -0.1) is 0 Å². The molecule has 1 saturated heterocycles. The highest BCUT2D eigenvalue weighted by atomic mass is 32.2. The number of nitrogens with zero attached hydrogens (tertiary/aromatic N) is 2. The topological polar surface area (TPSA) is 60.9 Å². The van der Waals surface area contributed by atoms with Crippen molar-refractivity contribution in [1.82, 2.24) is 9.80 Å². The lowest BCUT2D eigenvalue weighted by Crippen LogP contribution is -2.47. The molecule has 0 radical (unpaired) electrons.